The smallest absolute Gasteiger partial charge is 0.307 e. The summed E-state index contributed by atoms with van der Waals surface area (Å²) in [6.45, 7) is 8.61. The van der Waals surface area contributed by atoms with Crippen molar-refractivity contribution in [1.29, 1.82) is 0 Å². The van der Waals surface area contributed by atoms with E-state index in [0.717, 1.165) is 12.0 Å². The average Bonchev–Trinajstić information content (AvgIpc) is 3.11. The van der Waals surface area contributed by atoms with E-state index in [-0.39, 0.29) is 35.8 Å². The predicted molar refractivity (Wildman–Crippen MR) is 103 cm³/mol. The number of carbonyl (C=O) groups excluding carboxylic acids is 1. The van der Waals surface area contributed by atoms with Gasteiger partial charge in [0.15, 0.2) is 0 Å². The first-order valence-electron chi connectivity index (χ1n) is 9.64. The van der Waals surface area contributed by atoms with E-state index < -0.39 is 4.92 Å². The third kappa shape index (κ3) is 3.84. The van der Waals surface area contributed by atoms with Crippen LogP contribution in [0.3, 0.4) is 0 Å². The molecule has 2 fully saturated rings. The second-order valence-electron chi connectivity index (χ2n) is 8.64. The summed E-state index contributed by atoms with van der Waals surface area (Å²) >= 11 is 0. The van der Waals surface area contributed by atoms with Crippen LogP contribution >= 0.6 is 0 Å². The molecule has 0 spiro atoms. The van der Waals surface area contributed by atoms with E-state index in [1.807, 2.05) is 27.7 Å². The SMILES string of the molecule is CC(c1cnc(N2C[C@@H]3C[C@@H]3C2=O)nc1COC(C)(C)C)n1cc([N+](=O)[O-])cn1. The largest absolute Gasteiger partial charge is 0.370 e. The van der Waals surface area contributed by atoms with Gasteiger partial charge in [0.2, 0.25) is 11.9 Å². The van der Waals surface area contributed by atoms with Crippen LogP contribution in [0.5, 0.6) is 0 Å². The fourth-order valence-electron chi connectivity index (χ4n) is 3.53. The Balaban J connectivity index is 1.65. The number of hydrogen-bond acceptors (Lipinski definition) is 7. The van der Waals surface area contributed by atoms with Crippen molar-refractivity contribution >= 4 is 17.5 Å². The summed E-state index contributed by atoms with van der Waals surface area (Å²) in [6, 6.07) is -0.334. The quantitative estimate of drug-likeness (QED) is 0.540. The molecule has 2 aromatic heterocycles. The van der Waals surface area contributed by atoms with Crippen molar-refractivity contribution in [3.63, 3.8) is 0 Å². The molecule has 0 aromatic carbocycles. The highest BCUT2D eigenvalue weighted by Crippen LogP contribution is 2.46. The van der Waals surface area contributed by atoms with Crippen LogP contribution in [0.4, 0.5) is 11.6 Å². The average molecular weight is 400 g/mol. The number of nitrogens with zero attached hydrogens (tertiary/aromatic N) is 6. The van der Waals surface area contributed by atoms with Gasteiger partial charge in [0.05, 0.1) is 28.9 Å². The number of ether oxygens (including phenoxy) is 1. The third-order valence-electron chi connectivity index (χ3n) is 5.34. The van der Waals surface area contributed by atoms with Crippen LogP contribution in [0.2, 0.25) is 0 Å². The highest BCUT2D eigenvalue weighted by molar-refractivity contribution is 5.98. The van der Waals surface area contributed by atoms with E-state index in [4.69, 9.17) is 4.74 Å². The lowest BCUT2D eigenvalue weighted by Gasteiger charge is -2.23. The Labute approximate surface area is 168 Å². The highest BCUT2D eigenvalue weighted by Gasteiger charge is 2.53. The number of hydrogen-bond donors (Lipinski definition) is 0. The lowest BCUT2D eigenvalue weighted by atomic mass is 10.1. The first-order chi connectivity index (χ1) is 13.6. The summed E-state index contributed by atoms with van der Waals surface area (Å²) in [7, 11) is 0. The molecule has 3 heterocycles. The summed E-state index contributed by atoms with van der Waals surface area (Å²) in [5.41, 5.74) is 0.932. The molecule has 10 nitrogen and oxygen atoms in total. The molecule has 0 radical (unpaired) electrons. The van der Waals surface area contributed by atoms with Gasteiger partial charge >= 0.3 is 5.69 Å². The van der Waals surface area contributed by atoms with Crippen LogP contribution in [0.1, 0.15) is 51.4 Å². The van der Waals surface area contributed by atoms with E-state index >= 15 is 0 Å². The molecule has 1 saturated carbocycles. The van der Waals surface area contributed by atoms with E-state index in [1.54, 1.807) is 11.1 Å². The molecule has 1 saturated heterocycles. The lowest BCUT2D eigenvalue weighted by molar-refractivity contribution is -0.385. The molecule has 0 N–H and O–H groups in total. The molecule has 1 aliphatic heterocycles. The van der Waals surface area contributed by atoms with Crippen molar-refractivity contribution < 1.29 is 14.5 Å². The van der Waals surface area contributed by atoms with Crippen molar-refractivity contribution in [3.05, 3.63) is 40.0 Å². The molecule has 10 heteroatoms. The Morgan fingerprint density at radius 1 is 1.38 bits per heavy atom. The Kier molecular flexibility index (Phi) is 4.60. The Morgan fingerprint density at radius 2 is 2.14 bits per heavy atom. The van der Waals surface area contributed by atoms with Crippen LogP contribution in [0.15, 0.2) is 18.6 Å². The zero-order valence-corrected chi connectivity index (χ0v) is 16.9. The van der Waals surface area contributed by atoms with Gasteiger partial charge in [-0.2, -0.15) is 5.10 Å². The summed E-state index contributed by atoms with van der Waals surface area (Å²) in [4.78, 5) is 33.6. The van der Waals surface area contributed by atoms with Gasteiger partial charge in [0.25, 0.3) is 0 Å². The number of piperidine rings is 1. The minimum atomic E-state index is -0.482. The Morgan fingerprint density at radius 3 is 2.72 bits per heavy atom. The van der Waals surface area contributed by atoms with Gasteiger partial charge in [-0.25, -0.2) is 9.97 Å². The van der Waals surface area contributed by atoms with Gasteiger partial charge in [-0.05, 0) is 40.0 Å². The molecular formula is C19H24N6O4. The minimum Gasteiger partial charge on any atom is -0.370 e. The van der Waals surface area contributed by atoms with E-state index in [9.17, 15) is 14.9 Å². The first-order valence-corrected chi connectivity index (χ1v) is 9.64. The third-order valence-corrected chi connectivity index (χ3v) is 5.34. The fraction of sp³-hybridized carbons (Fsp3) is 0.579. The Bertz CT molecular complexity index is 966. The van der Waals surface area contributed by atoms with Crippen LogP contribution in [-0.4, -0.2) is 42.7 Å². The summed E-state index contributed by atoms with van der Waals surface area (Å²) < 4.78 is 7.44. The fourth-order valence-corrected chi connectivity index (χ4v) is 3.53. The number of rotatable bonds is 6. The molecule has 2 aromatic rings. The van der Waals surface area contributed by atoms with Crippen LogP contribution in [-0.2, 0) is 16.1 Å². The minimum absolute atomic E-state index is 0.0798. The van der Waals surface area contributed by atoms with Crippen LogP contribution < -0.4 is 4.90 Å². The van der Waals surface area contributed by atoms with Crippen molar-refractivity contribution in [2.75, 3.05) is 11.4 Å². The molecule has 0 bridgehead atoms. The van der Waals surface area contributed by atoms with Crippen molar-refractivity contribution in [2.24, 2.45) is 11.8 Å². The van der Waals surface area contributed by atoms with Gasteiger partial charge in [-0.3, -0.25) is 24.5 Å². The predicted octanol–water partition coefficient (Wildman–Crippen LogP) is 2.49. The van der Waals surface area contributed by atoms with E-state index in [2.05, 4.69) is 15.1 Å². The molecule has 1 unspecified atom stereocenters. The molecule has 4 rings (SSSR count). The number of fused-ring (bicyclic) bond motifs is 1. The molecular weight excluding hydrogens is 376 g/mol. The van der Waals surface area contributed by atoms with Gasteiger partial charge < -0.3 is 4.74 Å². The van der Waals surface area contributed by atoms with Crippen LogP contribution in [0, 0.1) is 22.0 Å². The van der Waals surface area contributed by atoms with Gasteiger partial charge in [0.1, 0.15) is 12.4 Å². The molecule has 3 atom stereocenters. The zero-order chi connectivity index (χ0) is 20.9. The van der Waals surface area contributed by atoms with Crippen molar-refractivity contribution in [3.8, 4) is 0 Å². The second kappa shape index (κ2) is 6.87. The normalized spacial score (nSPS) is 21.9. The summed E-state index contributed by atoms with van der Waals surface area (Å²) in [6.07, 6.45) is 5.22. The highest BCUT2D eigenvalue weighted by atomic mass is 16.6. The maximum atomic E-state index is 12.4. The maximum Gasteiger partial charge on any atom is 0.307 e. The Hall–Kier alpha value is -2.88. The van der Waals surface area contributed by atoms with Gasteiger partial charge in [0, 0.05) is 24.2 Å². The molecule has 1 amide bonds. The number of carbonyl (C=O) groups is 1. The van der Waals surface area contributed by atoms with Gasteiger partial charge in [-0.15, -0.1) is 0 Å². The molecule has 154 valence electrons. The number of amides is 1. The van der Waals surface area contributed by atoms with Crippen molar-refractivity contribution in [2.45, 2.75) is 52.4 Å². The second-order valence-corrected chi connectivity index (χ2v) is 8.64. The topological polar surface area (TPSA) is 116 Å². The summed E-state index contributed by atoms with van der Waals surface area (Å²) in [5.74, 6) is 1.01. The first kappa shape index (κ1) is 19.4. The number of aromatic nitrogens is 4. The summed E-state index contributed by atoms with van der Waals surface area (Å²) in [5, 5.41) is 15.1. The number of nitro groups is 1. The maximum absolute atomic E-state index is 12.4. The van der Waals surface area contributed by atoms with Gasteiger partial charge in [-0.1, -0.05) is 0 Å². The molecule has 29 heavy (non-hydrogen) atoms. The molecule has 1 aliphatic carbocycles. The van der Waals surface area contributed by atoms with Crippen molar-refractivity contribution in [1.82, 2.24) is 19.7 Å². The number of anilines is 1. The van der Waals surface area contributed by atoms with E-state index in [1.165, 1.54) is 17.1 Å². The molecule has 2 aliphatic rings. The monoisotopic (exact) mass is 400 g/mol. The lowest BCUT2D eigenvalue weighted by Crippen LogP contribution is -2.30. The van der Waals surface area contributed by atoms with E-state index in [0.29, 0.717) is 24.1 Å². The zero-order valence-electron chi connectivity index (χ0n) is 16.9. The standard InChI is InChI=1S/C19H24N6O4/c1-11(24-9-13(6-21-24)25(27)28)15-7-20-18(22-16(15)10-29-19(2,3)4)23-8-12-5-14(12)17(23)26/h6-7,9,11-12,14H,5,8,10H2,1-4H3/t11?,12-,14-/m0/s1. The van der Waals surface area contributed by atoms with Crippen LogP contribution in [0.25, 0.3) is 0 Å².